The molecule has 0 saturated carbocycles. The summed E-state index contributed by atoms with van der Waals surface area (Å²) in [4.78, 5) is 27.0. The maximum Gasteiger partial charge on any atom is 0.229 e. The lowest BCUT2D eigenvalue weighted by atomic mass is 9.96. The van der Waals surface area contributed by atoms with Crippen molar-refractivity contribution in [3.63, 3.8) is 0 Å². The van der Waals surface area contributed by atoms with Crippen molar-refractivity contribution in [3.05, 3.63) is 59.7 Å². The molecule has 1 aliphatic rings. The highest BCUT2D eigenvalue weighted by Crippen LogP contribution is 2.30. The SMILES string of the molecule is CCC(C)c1ccccc1NC(=O)C1CC(=O)N(c2ccccc2C)C1. The molecule has 1 heterocycles. The van der Waals surface area contributed by atoms with Crippen molar-refractivity contribution in [3.8, 4) is 0 Å². The summed E-state index contributed by atoms with van der Waals surface area (Å²) in [6, 6.07) is 15.7. The molecule has 4 nitrogen and oxygen atoms in total. The van der Waals surface area contributed by atoms with E-state index in [1.165, 1.54) is 0 Å². The summed E-state index contributed by atoms with van der Waals surface area (Å²) in [5, 5.41) is 3.06. The highest BCUT2D eigenvalue weighted by atomic mass is 16.2. The first-order valence-corrected chi connectivity index (χ1v) is 9.27. The molecule has 26 heavy (non-hydrogen) atoms. The van der Waals surface area contributed by atoms with Crippen LogP contribution in [0.1, 0.15) is 43.7 Å². The van der Waals surface area contributed by atoms with Crippen LogP contribution in [0.15, 0.2) is 48.5 Å². The second kappa shape index (κ2) is 7.73. The quantitative estimate of drug-likeness (QED) is 0.863. The van der Waals surface area contributed by atoms with Crippen LogP contribution in [0.3, 0.4) is 0 Å². The summed E-state index contributed by atoms with van der Waals surface area (Å²) < 4.78 is 0. The number of amides is 2. The minimum atomic E-state index is -0.327. The van der Waals surface area contributed by atoms with Crippen molar-refractivity contribution < 1.29 is 9.59 Å². The van der Waals surface area contributed by atoms with Gasteiger partial charge in [0.1, 0.15) is 0 Å². The summed E-state index contributed by atoms with van der Waals surface area (Å²) in [6.45, 7) is 6.71. The van der Waals surface area contributed by atoms with Crippen LogP contribution >= 0.6 is 0 Å². The van der Waals surface area contributed by atoms with Gasteiger partial charge in [0.05, 0.1) is 5.92 Å². The highest BCUT2D eigenvalue weighted by molar-refractivity contribution is 6.04. The molecule has 0 aromatic heterocycles. The fraction of sp³-hybridized carbons (Fsp3) is 0.364. The van der Waals surface area contributed by atoms with Gasteiger partial charge in [0, 0.05) is 24.3 Å². The number of nitrogens with zero attached hydrogens (tertiary/aromatic N) is 1. The Bertz CT molecular complexity index is 815. The Morgan fingerprint density at radius 1 is 1.19 bits per heavy atom. The molecule has 4 heteroatoms. The predicted molar refractivity (Wildman–Crippen MR) is 105 cm³/mol. The minimum Gasteiger partial charge on any atom is -0.326 e. The number of para-hydroxylation sites is 2. The number of rotatable bonds is 5. The van der Waals surface area contributed by atoms with Crippen LogP contribution in [0.25, 0.3) is 0 Å². The van der Waals surface area contributed by atoms with Gasteiger partial charge in [0.25, 0.3) is 0 Å². The maximum atomic E-state index is 12.8. The lowest BCUT2D eigenvalue weighted by Gasteiger charge is -2.20. The molecule has 2 atom stereocenters. The molecular formula is C22H26N2O2. The number of benzene rings is 2. The second-order valence-electron chi connectivity index (χ2n) is 7.08. The summed E-state index contributed by atoms with van der Waals surface area (Å²) in [6.07, 6.45) is 1.27. The van der Waals surface area contributed by atoms with E-state index < -0.39 is 0 Å². The molecule has 136 valence electrons. The predicted octanol–water partition coefficient (Wildman–Crippen LogP) is 4.50. The third-order valence-electron chi connectivity index (χ3n) is 5.26. The van der Waals surface area contributed by atoms with Gasteiger partial charge in [-0.1, -0.05) is 50.2 Å². The van der Waals surface area contributed by atoms with E-state index in [0.29, 0.717) is 12.5 Å². The lowest BCUT2D eigenvalue weighted by molar-refractivity contribution is -0.122. The number of anilines is 2. The third-order valence-corrected chi connectivity index (χ3v) is 5.26. The van der Waals surface area contributed by atoms with E-state index in [-0.39, 0.29) is 24.2 Å². The van der Waals surface area contributed by atoms with Crippen molar-refractivity contribution in [1.82, 2.24) is 0 Å². The largest absolute Gasteiger partial charge is 0.326 e. The van der Waals surface area contributed by atoms with E-state index in [1.807, 2.05) is 49.4 Å². The van der Waals surface area contributed by atoms with Crippen LogP contribution in [-0.2, 0) is 9.59 Å². The standard InChI is InChI=1S/C22H26N2O2/c1-4-15(2)18-10-6-7-11-19(18)23-22(26)17-13-21(25)24(14-17)20-12-8-5-9-16(20)3/h5-12,15,17H,4,13-14H2,1-3H3,(H,23,26). The second-order valence-corrected chi connectivity index (χ2v) is 7.08. The Morgan fingerprint density at radius 3 is 2.62 bits per heavy atom. The van der Waals surface area contributed by atoms with Gasteiger partial charge in [-0.3, -0.25) is 9.59 Å². The molecule has 2 unspecified atom stereocenters. The monoisotopic (exact) mass is 350 g/mol. The molecule has 2 aromatic carbocycles. The maximum absolute atomic E-state index is 12.8. The van der Waals surface area contributed by atoms with E-state index >= 15 is 0 Å². The fourth-order valence-corrected chi connectivity index (χ4v) is 3.48. The Morgan fingerprint density at radius 2 is 1.88 bits per heavy atom. The Hall–Kier alpha value is -2.62. The van der Waals surface area contributed by atoms with E-state index in [4.69, 9.17) is 0 Å². The molecule has 1 saturated heterocycles. The lowest BCUT2D eigenvalue weighted by Crippen LogP contribution is -2.28. The topological polar surface area (TPSA) is 49.4 Å². The molecular weight excluding hydrogens is 324 g/mol. The summed E-state index contributed by atoms with van der Waals surface area (Å²) in [7, 11) is 0. The molecule has 1 N–H and O–H groups in total. The molecule has 0 radical (unpaired) electrons. The van der Waals surface area contributed by atoms with Crippen molar-refractivity contribution >= 4 is 23.2 Å². The third kappa shape index (κ3) is 3.64. The number of aryl methyl sites for hydroxylation is 1. The molecule has 0 aliphatic carbocycles. The normalized spacial score (nSPS) is 18.0. The number of hydrogen-bond donors (Lipinski definition) is 1. The number of carbonyl (C=O) groups is 2. The molecule has 3 rings (SSSR count). The number of nitrogens with one attached hydrogen (secondary N) is 1. The van der Waals surface area contributed by atoms with Crippen LogP contribution in [0, 0.1) is 12.8 Å². The van der Waals surface area contributed by atoms with Crippen LogP contribution in [-0.4, -0.2) is 18.4 Å². The first-order chi connectivity index (χ1) is 12.5. The summed E-state index contributed by atoms with van der Waals surface area (Å²) >= 11 is 0. The van der Waals surface area contributed by atoms with Gasteiger partial charge in [-0.05, 0) is 42.5 Å². The van der Waals surface area contributed by atoms with Gasteiger partial charge >= 0.3 is 0 Å². The summed E-state index contributed by atoms with van der Waals surface area (Å²) in [5.41, 5.74) is 3.94. The molecule has 2 amide bonds. The van der Waals surface area contributed by atoms with Gasteiger partial charge in [-0.2, -0.15) is 0 Å². The Kier molecular flexibility index (Phi) is 5.40. The van der Waals surface area contributed by atoms with E-state index in [1.54, 1.807) is 4.90 Å². The Labute approximate surface area is 155 Å². The van der Waals surface area contributed by atoms with Gasteiger partial charge < -0.3 is 10.2 Å². The number of carbonyl (C=O) groups excluding carboxylic acids is 2. The summed E-state index contributed by atoms with van der Waals surface area (Å²) in [5.74, 6) is -0.0212. The molecule has 1 aliphatic heterocycles. The smallest absolute Gasteiger partial charge is 0.229 e. The van der Waals surface area contributed by atoms with Crippen LogP contribution in [0.2, 0.25) is 0 Å². The van der Waals surface area contributed by atoms with Crippen LogP contribution in [0.4, 0.5) is 11.4 Å². The van der Waals surface area contributed by atoms with Gasteiger partial charge in [0.15, 0.2) is 0 Å². The molecule has 0 spiro atoms. The van der Waals surface area contributed by atoms with Gasteiger partial charge in [-0.15, -0.1) is 0 Å². The van der Waals surface area contributed by atoms with E-state index in [9.17, 15) is 9.59 Å². The average Bonchev–Trinajstić information content (AvgIpc) is 3.03. The highest BCUT2D eigenvalue weighted by Gasteiger charge is 2.35. The van der Waals surface area contributed by atoms with Crippen LogP contribution < -0.4 is 10.2 Å². The van der Waals surface area contributed by atoms with Gasteiger partial charge in [-0.25, -0.2) is 0 Å². The zero-order valence-electron chi connectivity index (χ0n) is 15.7. The molecule has 2 aromatic rings. The van der Waals surface area contributed by atoms with Crippen molar-refractivity contribution in [2.75, 3.05) is 16.8 Å². The molecule has 1 fully saturated rings. The van der Waals surface area contributed by atoms with E-state index in [2.05, 4.69) is 25.2 Å². The van der Waals surface area contributed by atoms with Crippen LogP contribution in [0.5, 0.6) is 0 Å². The zero-order valence-corrected chi connectivity index (χ0v) is 15.7. The van der Waals surface area contributed by atoms with Gasteiger partial charge in [0.2, 0.25) is 11.8 Å². The first kappa shape index (κ1) is 18.2. The van der Waals surface area contributed by atoms with Crippen molar-refractivity contribution in [2.45, 2.75) is 39.5 Å². The number of hydrogen-bond acceptors (Lipinski definition) is 2. The first-order valence-electron chi connectivity index (χ1n) is 9.27. The average molecular weight is 350 g/mol. The zero-order chi connectivity index (χ0) is 18.7. The minimum absolute atomic E-state index is 0.00895. The Balaban J connectivity index is 1.74. The van der Waals surface area contributed by atoms with Crippen molar-refractivity contribution in [1.29, 1.82) is 0 Å². The molecule has 0 bridgehead atoms. The van der Waals surface area contributed by atoms with E-state index in [0.717, 1.165) is 28.9 Å². The fourth-order valence-electron chi connectivity index (χ4n) is 3.48. The van der Waals surface area contributed by atoms with Crippen molar-refractivity contribution in [2.24, 2.45) is 5.92 Å².